The van der Waals surface area contributed by atoms with Gasteiger partial charge in [0, 0.05) is 16.8 Å². The summed E-state index contributed by atoms with van der Waals surface area (Å²) in [6, 6.07) is 9.37. The van der Waals surface area contributed by atoms with Crippen LogP contribution in [0, 0.1) is 0 Å². The number of carbonyl (C=O) groups is 2. The largest absolute Gasteiger partial charge is 0.480 e. The molecule has 0 saturated heterocycles. The Hall–Kier alpha value is -1.66. The number of rotatable bonds is 6. The molecule has 0 fully saturated rings. The predicted octanol–water partition coefficient (Wildman–Crippen LogP) is 5.25. The van der Waals surface area contributed by atoms with E-state index in [1.165, 1.54) is 19.1 Å². The van der Waals surface area contributed by atoms with Crippen LogP contribution in [0.1, 0.15) is 6.92 Å². The third-order valence-corrected chi connectivity index (χ3v) is 4.34. The van der Waals surface area contributed by atoms with Gasteiger partial charge in [0.25, 0.3) is 5.91 Å². The van der Waals surface area contributed by atoms with E-state index in [0.29, 0.717) is 10.7 Å². The number of amides is 1. The minimum Gasteiger partial charge on any atom is -0.480 e. The zero-order chi connectivity index (χ0) is 19.3. The first-order valence-corrected chi connectivity index (χ1v) is 8.80. The summed E-state index contributed by atoms with van der Waals surface area (Å²) >= 11 is 23.5. The second-order valence-electron chi connectivity index (χ2n) is 5.12. The molecule has 26 heavy (non-hydrogen) atoms. The lowest BCUT2D eigenvalue weighted by molar-refractivity contribution is -0.155. The molecule has 138 valence electrons. The number of halogens is 4. The van der Waals surface area contributed by atoms with Crippen LogP contribution in [0.25, 0.3) is 0 Å². The maximum atomic E-state index is 12.0. The van der Waals surface area contributed by atoms with E-state index in [4.69, 9.17) is 55.9 Å². The van der Waals surface area contributed by atoms with Gasteiger partial charge in [0.2, 0.25) is 0 Å². The molecule has 2 aromatic rings. The lowest BCUT2D eigenvalue weighted by Crippen LogP contribution is -2.31. The average molecular weight is 437 g/mol. The van der Waals surface area contributed by atoms with Gasteiger partial charge in [-0.3, -0.25) is 4.79 Å². The molecule has 0 aliphatic heterocycles. The van der Waals surface area contributed by atoms with E-state index in [1.54, 1.807) is 24.3 Å². The maximum absolute atomic E-state index is 12.0. The van der Waals surface area contributed by atoms with E-state index >= 15 is 0 Å². The summed E-state index contributed by atoms with van der Waals surface area (Å²) in [4.78, 5) is 23.9. The Bertz CT molecular complexity index is 828. The van der Waals surface area contributed by atoms with Crippen LogP contribution in [-0.2, 0) is 14.3 Å². The quantitative estimate of drug-likeness (QED) is 0.496. The highest BCUT2D eigenvalue weighted by Crippen LogP contribution is 2.33. The number of benzene rings is 2. The first-order chi connectivity index (χ1) is 12.3. The number of hydrogen-bond acceptors (Lipinski definition) is 4. The summed E-state index contributed by atoms with van der Waals surface area (Å²) < 4.78 is 10.3. The zero-order valence-electron chi connectivity index (χ0n) is 13.4. The molecule has 0 aromatic heterocycles. The fourth-order valence-corrected chi connectivity index (χ4v) is 2.63. The van der Waals surface area contributed by atoms with E-state index in [-0.39, 0.29) is 20.8 Å². The molecule has 0 bridgehead atoms. The van der Waals surface area contributed by atoms with Crippen LogP contribution < -0.4 is 10.1 Å². The number of hydrogen-bond donors (Lipinski definition) is 1. The van der Waals surface area contributed by atoms with Gasteiger partial charge in [0.05, 0.1) is 15.1 Å². The monoisotopic (exact) mass is 435 g/mol. The van der Waals surface area contributed by atoms with Gasteiger partial charge >= 0.3 is 5.97 Å². The van der Waals surface area contributed by atoms with Crippen LogP contribution in [0.3, 0.4) is 0 Å². The van der Waals surface area contributed by atoms with Gasteiger partial charge in [0.1, 0.15) is 5.75 Å². The van der Waals surface area contributed by atoms with Crippen molar-refractivity contribution in [2.45, 2.75) is 13.0 Å². The van der Waals surface area contributed by atoms with E-state index < -0.39 is 24.6 Å². The lowest BCUT2D eigenvalue weighted by Gasteiger charge is -2.14. The van der Waals surface area contributed by atoms with E-state index in [2.05, 4.69) is 5.32 Å². The molecular weight excluding hydrogens is 424 g/mol. The van der Waals surface area contributed by atoms with E-state index in [0.717, 1.165) is 0 Å². The molecule has 1 atom stereocenters. The van der Waals surface area contributed by atoms with Crippen LogP contribution >= 0.6 is 46.4 Å². The first-order valence-electron chi connectivity index (χ1n) is 7.29. The van der Waals surface area contributed by atoms with Crippen LogP contribution in [0.2, 0.25) is 20.1 Å². The maximum Gasteiger partial charge on any atom is 0.344 e. The SMILES string of the molecule is CC(OC(=O)COc1cc(Cl)c(Cl)cc1Cl)C(=O)Nc1cccc(Cl)c1. The molecule has 9 heteroatoms. The van der Waals surface area contributed by atoms with Crippen LogP contribution in [0.5, 0.6) is 5.75 Å². The van der Waals surface area contributed by atoms with Gasteiger partial charge in [-0.1, -0.05) is 52.5 Å². The lowest BCUT2D eigenvalue weighted by atomic mass is 10.3. The van der Waals surface area contributed by atoms with Crippen molar-refractivity contribution in [2.24, 2.45) is 0 Å². The highest BCUT2D eigenvalue weighted by molar-refractivity contribution is 6.43. The van der Waals surface area contributed by atoms with Crippen molar-refractivity contribution in [2.75, 3.05) is 11.9 Å². The molecule has 5 nitrogen and oxygen atoms in total. The van der Waals surface area contributed by atoms with Crippen molar-refractivity contribution in [3.63, 3.8) is 0 Å². The topological polar surface area (TPSA) is 64.6 Å². The summed E-state index contributed by atoms with van der Waals surface area (Å²) in [5, 5.41) is 3.75. The molecule has 0 aliphatic carbocycles. The van der Waals surface area contributed by atoms with Crippen LogP contribution in [0.15, 0.2) is 36.4 Å². The van der Waals surface area contributed by atoms with Crippen LogP contribution in [-0.4, -0.2) is 24.6 Å². The Morgan fingerprint density at radius 2 is 1.73 bits per heavy atom. The smallest absolute Gasteiger partial charge is 0.344 e. The number of ether oxygens (including phenoxy) is 2. The minimum absolute atomic E-state index is 0.175. The molecule has 0 spiro atoms. The third kappa shape index (κ3) is 5.95. The van der Waals surface area contributed by atoms with Gasteiger partial charge in [-0.2, -0.15) is 0 Å². The predicted molar refractivity (Wildman–Crippen MR) is 103 cm³/mol. The standard InChI is InChI=1S/C17H13Cl4NO4/c1-9(17(24)22-11-4-2-3-10(18)5-11)26-16(23)8-25-15-7-13(20)12(19)6-14(15)21/h2-7,9H,8H2,1H3,(H,22,24). The highest BCUT2D eigenvalue weighted by atomic mass is 35.5. The van der Waals surface area contributed by atoms with Gasteiger partial charge in [-0.25, -0.2) is 4.79 Å². The van der Waals surface area contributed by atoms with Gasteiger partial charge < -0.3 is 14.8 Å². The van der Waals surface area contributed by atoms with Gasteiger partial charge in [-0.15, -0.1) is 0 Å². The number of nitrogens with one attached hydrogen (secondary N) is 1. The summed E-state index contributed by atoms with van der Waals surface area (Å²) in [6.45, 7) is 0.983. The molecule has 2 aromatic carbocycles. The molecule has 0 radical (unpaired) electrons. The molecule has 1 N–H and O–H groups in total. The fourth-order valence-electron chi connectivity index (χ4n) is 1.85. The van der Waals surface area contributed by atoms with Crippen molar-refractivity contribution in [1.29, 1.82) is 0 Å². The third-order valence-electron chi connectivity index (χ3n) is 3.09. The zero-order valence-corrected chi connectivity index (χ0v) is 16.4. The minimum atomic E-state index is -1.03. The van der Waals surface area contributed by atoms with Crippen molar-refractivity contribution < 1.29 is 19.1 Å². The van der Waals surface area contributed by atoms with Crippen LogP contribution in [0.4, 0.5) is 5.69 Å². The van der Waals surface area contributed by atoms with Crippen molar-refractivity contribution in [3.8, 4) is 5.75 Å². The number of carbonyl (C=O) groups excluding carboxylic acids is 2. The number of esters is 1. The summed E-state index contributed by atoms with van der Waals surface area (Å²) in [6.07, 6.45) is -1.03. The van der Waals surface area contributed by atoms with Gasteiger partial charge in [-0.05, 0) is 31.2 Å². The summed E-state index contributed by atoms with van der Waals surface area (Å²) in [7, 11) is 0. The Labute approximate surface area is 170 Å². The first kappa shape index (κ1) is 20.6. The Kier molecular flexibility index (Phi) is 7.41. The fraction of sp³-hybridized carbons (Fsp3) is 0.176. The Balaban J connectivity index is 1.87. The molecular formula is C17H13Cl4NO4. The van der Waals surface area contributed by atoms with E-state index in [9.17, 15) is 9.59 Å². The molecule has 0 saturated carbocycles. The average Bonchev–Trinajstić information content (AvgIpc) is 2.57. The molecule has 0 heterocycles. The molecule has 1 amide bonds. The van der Waals surface area contributed by atoms with Crippen molar-refractivity contribution >= 4 is 64.0 Å². The number of anilines is 1. The van der Waals surface area contributed by atoms with Crippen molar-refractivity contribution in [1.82, 2.24) is 0 Å². The molecule has 2 rings (SSSR count). The van der Waals surface area contributed by atoms with Gasteiger partial charge in [0.15, 0.2) is 12.7 Å². The normalized spacial score (nSPS) is 11.6. The summed E-state index contributed by atoms with van der Waals surface area (Å²) in [5.74, 6) is -1.08. The second kappa shape index (κ2) is 9.33. The molecule has 0 aliphatic rings. The molecule has 1 unspecified atom stereocenters. The van der Waals surface area contributed by atoms with E-state index in [1.807, 2.05) is 0 Å². The Morgan fingerprint density at radius 1 is 1.04 bits per heavy atom. The second-order valence-corrected chi connectivity index (χ2v) is 6.78. The Morgan fingerprint density at radius 3 is 2.42 bits per heavy atom. The summed E-state index contributed by atoms with van der Waals surface area (Å²) in [5.41, 5.74) is 0.490. The highest BCUT2D eigenvalue weighted by Gasteiger charge is 2.19. The van der Waals surface area contributed by atoms with Crippen molar-refractivity contribution in [3.05, 3.63) is 56.5 Å².